The Morgan fingerprint density at radius 1 is 1.07 bits per heavy atom. The molecule has 0 saturated carbocycles. The standard InChI is InChI=1S/C21H15BrN6O/c22-14-6-7-17-18(8-14)28-15(10-24-26-28)9-19-20(23-12-27(17)19)21-25-16(11-29-21)13-4-2-1-3-5-13/h1-8,10,12,16H,9,11H2/t16-/m0/s1. The number of halogens is 1. The van der Waals surface area contributed by atoms with Crippen LogP contribution < -0.4 is 0 Å². The number of benzene rings is 2. The number of fused-ring (bicyclic) bond motifs is 5. The largest absolute Gasteiger partial charge is 0.474 e. The molecule has 2 aliphatic rings. The Hall–Kier alpha value is -3.26. The predicted molar refractivity (Wildman–Crippen MR) is 111 cm³/mol. The van der Waals surface area contributed by atoms with E-state index in [-0.39, 0.29) is 6.04 Å². The van der Waals surface area contributed by atoms with Crippen molar-refractivity contribution in [3.63, 3.8) is 0 Å². The number of ether oxygens (including phenoxy) is 1. The summed E-state index contributed by atoms with van der Waals surface area (Å²) in [7, 11) is 0. The van der Waals surface area contributed by atoms with Crippen LogP contribution in [-0.4, -0.2) is 37.0 Å². The molecular weight excluding hydrogens is 432 g/mol. The van der Waals surface area contributed by atoms with E-state index < -0.39 is 0 Å². The van der Waals surface area contributed by atoms with Gasteiger partial charge in [0.15, 0.2) is 0 Å². The van der Waals surface area contributed by atoms with E-state index >= 15 is 0 Å². The molecule has 29 heavy (non-hydrogen) atoms. The van der Waals surface area contributed by atoms with Gasteiger partial charge in [0.2, 0.25) is 5.90 Å². The highest BCUT2D eigenvalue weighted by molar-refractivity contribution is 9.10. The second-order valence-corrected chi connectivity index (χ2v) is 7.94. The highest BCUT2D eigenvalue weighted by atomic mass is 79.9. The quantitative estimate of drug-likeness (QED) is 0.415. The summed E-state index contributed by atoms with van der Waals surface area (Å²) in [5, 5.41) is 8.41. The van der Waals surface area contributed by atoms with Crippen molar-refractivity contribution < 1.29 is 4.74 Å². The predicted octanol–water partition coefficient (Wildman–Crippen LogP) is 3.64. The monoisotopic (exact) mass is 446 g/mol. The fourth-order valence-electron chi connectivity index (χ4n) is 3.90. The maximum atomic E-state index is 5.98. The summed E-state index contributed by atoms with van der Waals surface area (Å²) < 4.78 is 10.9. The Bertz CT molecular complexity index is 1260. The van der Waals surface area contributed by atoms with Crippen LogP contribution in [-0.2, 0) is 11.2 Å². The summed E-state index contributed by atoms with van der Waals surface area (Å²) in [4.78, 5) is 9.50. The van der Waals surface area contributed by atoms with Crippen LogP contribution in [0.4, 0.5) is 0 Å². The number of nitrogens with zero attached hydrogens (tertiary/aromatic N) is 6. The summed E-state index contributed by atoms with van der Waals surface area (Å²) in [6, 6.07) is 16.3. The van der Waals surface area contributed by atoms with Gasteiger partial charge in [-0.25, -0.2) is 14.7 Å². The molecule has 142 valence electrons. The molecule has 0 fully saturated rings. The summed E-state index contributed by atoms with van der Waals surface area (Å²) in [6.07, 6.45) is 4.26. The summed E-state index contributed by atoms with van der Waals surface area (Å²) in [6.45, 7) is 0.522. The first-order valence-corrected chi connectivity index (χ1v) is 10.1. The van der Waals surface area contributed by atoms with Crippen molar-refractivity contribution in [3.8, 4) is 11.4 Å². The molecule has 8 heteroatoms. The molecular formula is C21H15BrN6O. The number of rotatable bonds is 2. The van der Waals surface area contributed by atoms with Crippen LogP contribution in [0.3, 0.4) is 0 Å². The van der Waals surface area contributed by atoms with Crippen molar-refractivity contribution in [3.05, 3.63) is 88.2 Å². The van der Waals surface area contributed by atoms with E-state index in [2.05, 4.69) is 54.0 Å². The number of aliphatic imine (C=N–C) groups is 1. The van der Waals surface area contributed by atoms with E-state index in [1.807, 2.05) is 41.3 Å². The Morgan fingerprint density at radius 2 is 1.97 bits per heavy atom. The van der Waals surface area contributed by atoms with Gasteiger partial charge in [-0.3, -0.25) is 4.57 Å². The van der Waals surface area contributed by atoms with Gasteiger partial charge < -0.3 is 4.74 Å². The third kappa shape index (κ3) is 2.63. The fraction of sp³-hybridized carbons (Fsp3) is 0.143. The normalized spacial score (nSPS) is 17.0. The van der Waals surface area contributed by atoms with Crippen molar-refractivity contribution in [2.24, 2.45) is 4.99 Å². The van der Waals surface area contributed by atoms with E-state index in [0.717, 1.165) is 38.5 Å². The Morgan fingerprint density at radius 3 is 2.86 bits per heavy atom. The third-order valence-corrected chi connectivity index (χ3v) is 5.79. The zero-order valence-corrected chi connectivity index (χ0v) is 16.8. The third-order valence-electron chi connectivity index (χ3n) is 5.30. The lowest BCUT2D eigenvalue weighted by Gasteiger charge is -2.10. The molecule has 2 aromatic carbocycles. The minimum Gasteiger partial charge on any atom is -0.474 e. The molecule has 6 rings (SSSR count). The minimum absolute atomic E-state index is 0.00948. The molecule has 0 radical (unpaired) electrons. The van der Waals surface area contributed by atoms with E-state index in [4.69, 9.17) is 9.73 Å². The number of hydrogen-bond acceptors (Lipinski definition) is 5. The molecule has 0 amide bonds. The number of hydrogen-bond donors (Lipinski definition) is 0. The van der Waals surface area contributed by atoms with Crippen LogP contribution in [0, 0.1) is 0 Å². The van der Waals surface area contributed by atoms with E-state index in [1.54, 1.807) is 6.20 Å². The Balaban J connectivity index is 1.48. The summed E-state index contributed by atoms with van der Waals surface area (Å²) in [5.41, 5.74) is 5.86. The van der Waals surface area contributed by atoms with Crippen LogP contribution in [0.25, 0.3) is 11.4 Å². The van der Waals surface area contributed by atoms with Gasteiger partial charge in [-0.2, -0.15) is 0 Å². The van der Waals surface area contributed by atoms with Gasteiger partial charge in [0.1, 0.15) is 24.7 Å². The van der Waals surface area contributed by atoms with Crippen LogP contribution in [0.1, 0.15) is 28.7 Å². The smallest absolute Gasteiger partial charge is 0.238 e. The minimum atomic E-state index is -0.00948. The first-order valence-electron chi connectivity index (χ1n) is 9.30. The van der Waals surface area contributed by atoms with E-state index in [0.29, 0.717) is 18.9 Å². The Labute approximate surface area is 174 Å². The zero-order valence-electron chi connectivity index (χ0n) is 15.2. The van der Waals surface area contributed by atoms with Gasteiger partial charge in [-0.15, -0.1) is 5.10 Å². The van der Waals surface area contributed by atoms with E-state index in [9.17, 15) is 0 Å². The number of imidazole rings is 1. The van der Waals surface area contributed by atoms with Gasteiger partial charge in [0, 0.05) is 10.9 Å². The average molecular weight is 447 g/mol. The first kappa shape index (κ1) is 16.7. The Kier molecular flexibility index (Phi) is 3.67. The SMILES string of the molecule is Brc1ccc2c(c1)-n1nncc1Cc1c(C3=N[C@H](c4ccccc4)CO3)ncn1-2. The van der Waals surface area contributed by atoms with Gasteiger partial charge >= 0.3 is 0 Å². The second-order valence-electron chi connectivity index (χ2n) is 7.03. The average Bonchev–Trinajstić information content (AvgIpc) is 3.48. The highest BCUT2D eigenvalue weighted by Gasteiger charge is 2.29. The molecule has 0 bridgehead atoms. The molecule has 0 aliphatic carbocycles. The second kappa shape index (κ2) is 6.38. The van der Waals surface area contributed by atoms with Crippen molar-refractivity contribution in [1.82, 2.24) is 24.5 Å². The van der Waals surface area contributed by atoms with Crippen LogP contribution in [0.15, 0.2) is 70.5 Å². The van der Waals surface area contributed by atoms with Crippen molar-refractivity contribution in [2.75, 3.05) is 6.61 Å². The molecule has 4 heterocycles. The maximum Gasteiger partial charge on any atom is 0.238 e. The molecule has 0 unspecified atom stereocenters. The van der Waals surface area contributed by atoms with Crippen LogP contribution in [0.2, 0.25) is 0 Å². The van der Waals surface area contributed by atoms with Crippen molar-refractivity contribution in [1.29, 1.82) is 0 Å². The van der Waals surface area contributed by atoms with Gasteiger partial charge in [-0.1, -0.05) is 51.5 Å². The van der Waals surface area contributed by atoms with Crippen LogP contribution >= 0.6 is 15.9 Å². The first-order chi connectivity index (χ1) is 14.3. The zero-order chi connectivity index (χ0) is 19.4. The van der Waals surface area contributed by atoms with Gasteiger partial charge in [0.25, 0.3) is 0 Å². The molecule has 0 N–H and O–H groups in total. The lowest BCUT2D eigenvalue weighted by molar-refractivity contribution is 0.319. The van der Waals surface area contributed by atoms with Crippen LogP contribution in [0.5, 0.6) is 0 Å². The molecule has 7 nitrogen and oxygen atoms in total. The fourth-order valence-corrected chi connectivity index (χ4v) is 4.25. The van der Waals surface area contributed by atoms with Crippen molar-refractivity contribution in [2.45, 2.75) is 12.5 Å². The molecule has 0 spiro atoms. The molecule has 1 atom stereocenters. The van der Waals surface area contributed by atoms with Crippen molar-refractivity contribution >= 4 is 21.8 Å². The summed E-state index contributed by atoms with van der Waals surface area (Å²) >= 11 is 3.56. The summed E-state index contributed by atoms with van der Waals surface area (Å²) in [5.74, 6) is 0.590. The lowest BCUT2D eigenvalue weighted by atomic mass is 10.1. The van der Waals surface area contributed by atoms with E-state index in [1.165, 1.54) is 0 Å². The molecule has 0 saturated heterocycles. The van der Waals surface area contributed by atoms with Gasteiger partial charge in [0.05, 0.1) is 29.0 Å². The van der Waals surface area contributed by atoms with Gasteiger partial charge in [-0.05, 0) is 23.8 Å². The maximum absolute atomic E-state index is 5.98. The molecule has 2 aromatic heterocycles. The molecule has 2 aliphatic heterocycles. The topological polar surface area (TPSA) is 70.1 Å². The highest BCUT2D eigenvalue weighted by Crippen LogP contribution is 2.32. The number of aromatic nitrogens is 5. The molecule has 4 aromatic rings. The lowest BCUT2D eigenvalue weighted by Crippen LogP contribution is -2.08.